The molecule has 1 aliphatic heterocycles. The summed E-state index contributed by atoms with van der Waals surface area (Å²) in [5, 5.41) is 6.03. The van der Waals surface area contributed by atoms with E-state index in [1.165, 1.54) is 5.56 Å². The molecule has 0 radical (unpaired) electrons. The number of amides is 1. The van der Waals surface area contributed by atoms with Crippen LogP contribution >= 0.6 is 0 Å². The minimum Gasteiger partial charge on any atom is -0.378 e. The molecule has 1 atom stereocenters. The largest absolute Gasteiger partial charge is 0.378 e. The van der Waals surface area contributed by atoms with Gasteiger partial charge in [-0.15, -0.1) is 0 Å². The molecule has 2 heterocycles. The van der Waals surface area contributed by atoms with Crippen molar-refractivity contribution >= 4 is 5.91 Å². The van der Waals surface area contributed by atoms with Crippen LogP contribution in [0, 0.1) is 0 Å². The fraction of sp³-hybridized carbons (Fsp3) is 0.538. The summed E-state index contributed by atoms with van der Waals surface area (Å²) in [5.74, 6) is -0.0255. The molecule has 0 spiro atoms. The molecule has 1 saturated heterocycles. The number of carbonyl (C=O) groups excluding carboxylic acids is 1. The lowest BCUT2D eigenvalue weighted by Crippen LogP contribution is -2.51. The number of aromatic nitrogens is 1. The zero-order chi connectivity index (χ0) is 12.8. The molecule has 5 nitrogen and oxygen atoms in total. The number of nitrogens with one attached hydrogen (secondary N) is 2. The predicted molar refractivity (Wildman–Crippen MR) is 68.1 cm³/mol. The van der Waals surface area contributed by atoms with Crippen LogP contribution in [0.15, 0.2) is 18.3 Å². The van der Waals surface area contributed by atoms with Gasteiger partial charge in [0.2, 0.25) is 5.91 Å². The Morgan fingerprint density at radius 1 is 1.67 bits per heavy atom. The number of rotatable bonds is 4. The SMILES string of the molecule is CCc1cccnc1CNC(=O)C1COCCN1. The van der Waals surface area contributed by atoms with Gasteiger partial charge < -0.3 is 15.4 Å². The Hall–Kier alpha value is -1.46. The quantitative estimate of drug-likeness (QED) is 0.803. The van der Waals surface area contributed by atoms with Crippen molar-refractivity contribution in [2.45, 2.75) is 25.9 Å². The van der Waals surface area contributed by atoms with Crippen molar-refractivity contribution in [3.05, 3.63) is 29.6 Å². The molecule has 1 aromatic rings. The highest BCUT2D eigenvalue weighted by Gasteiger charge is 2.20. The van der Waals surface area contributed by atoms with Crippen LogP contribution in [0.4, 0.5) is 0 Å². The molecule has 18 heavy (non-hydrogen) atoms. The molecule has 5 heteroatoms. The molecule has 0 bridgehead atoms. The molecule has 2 rings (SSSR count). The highest BCUT2D eigenvalue weighted by atomic mass is 16.5. The maximum absolute atomic E-state index is 11.9. The molecule has 1 amide bonds. The third-order valence-corrected chi connectivity index (χ3v) is 3.03. The minimum absolute atomic E-state index is 0.0255. The molecule has 0 saturated carbocycles. The van der Waals surface area contributed by atoms with Gasteiger partial charge >= 0.3 is 0 Å². The van der Waals surface area contributed by atoms with E-state index >= 15 is 0 Å². The third-order valence-electron chi connectivity index (χ3n) is 3.03. The highest BCUT2D eigenvalue weighted by molar-refractivity contribution is 5.81. The Labute approximate surface area is 107 Å². The van der Waals surface area contributed by atoms with E-state index < -0.39 is 0 Å². The molecule has 2 N–H and O–H groups in total. The van der Waals surface area contributed by atoms with Crippen LogP contribution in [0.1, 0.15) is 18.2 Å². The minimum atomic E-state index is -0.243. The van der Waals surface area contributed by atoms with E-state index in [2.05, 4.69) is 22.5 Å². The van der Waals surface area contributed by atoms with Gasteiger partial charge in [0, 0.05) is 12.7 Å². The van der Waals surface area contributed by atoms with Gasteiger partial charge in [0.15, 0.2) is 0 Å². The lowest BCUT2D eigenvalue weighted by molar-refractivity contribution is -0.126. The van der Waals surface area contributed by atoms with Crippen molar-refractivity contribution in [2.75, 3.05) is 19.8 Å². The second-order valence-electron chi connectivity index (χ2n) is 4.26. The van der Waals surface area contributed by atoms with Crippen molar-refractivity contribution in [1.82, 2.24) is 15.6 Å². The molecule has 1 aliphatic rings. The average Bonchev–Trinajstić information content (AvgIpc) is 2.46. The van der Waals surface area contributed by atoms with Crippen molar-refractivity contribution < 1.29 is 9.53 Å². The maximum Gasteiger partial charge on any atom is 0.239 e. The fourth-order valence-corrected chi connectivity index (χ4v) is 1.98. The van der Waals surface area contributed by atoms with Crippen LogP contribution in [0.3, 0.4) is 0 Å². The average molecular weight is 249 g/mol. The molecular formula is C13H19N3O2. The van der Waals surface area contributed by atoms with Gasteiger partial charge in [-0.05, 0) is 18.1 Å². The number of hydrogen-bond donors (Lipinski definition) is 2. The summed E-state index contributed by atoms with van der Waals surface area (Å²) in [6, 6.07) is 3.71. The van der Waals surface area contributed by atoms with Crippen LogP contribution < -0.4 is 10.6 Å². The summed E-state index contributed by atoms with van der Waals surface area (Å²) in [6.07, 6.45) is 2.67. The molecule has 1 fully saturated rings. The number of pyridine rings is 1. The van der Waals surface area contributed by atoms with Crippen molar-refractivity contribution in [3.8, 4) is 0 Å². The van der Waals surface area contributed by atoms with E-state index in [1.54, 1.807) is 6.20 Å². The number of nitrogens with zero attached hydrogens (tertiary/aromatic N) is 1. The van der Waals surface area contributed by atoms with Gasteiger partial charge in [-0.3, -0.25) is 9.78 Å². The van der Waals surface area contributed by atoms with E-state index in [0.29, 0.717) is 19.8 Å². The van der Waals surface area contributed by atoms with E-state index in [4.69, 9.17) is 4.74 Å². The zero-order valence-corrected chi connectivity index (χ0v) is 10.6. The van der Waals surface area contributed by atoms with Gasteiger partial charge in [0.05, 0.1) is 25.5 Å². The molecule has 0 aromatic carbocycles. The van der Waals surface area contributed by atoms with Crippen molar-refractivity contribution in [3.63, 3.8) is 0 Å². The standard InChI is InChI=1S/C13H19N3O2/c1-2-10-4-3-5-14-11(10)8-16-13(17)12-9-18-7-6-15-12/h3-5,12,15H,2,6-9H2,1H3,(H,16,17). The Morgan fingerprint density at radius 3 is 3.28 bits per heavy atom. The number of carbonyl (C=O) groups is 1. The number of ether oxygens (including phenoxy) is 1. The molecule has 0 aliphatic carbocycles. The first-order valence-corrected chi connectivity index (χ1v) is 6.33. The van der Waals surface area contributed by atoms with Crippen molar-refractivity contribution in [1.29, 1.82) is 0 Å². The lowest BCUT2D eigenvalue weighted by Gasteiger charge is -2.22. The van der Waals surface area contributed by atoms with Gasteiger partial charge in [0.1, 0.15) is 6.04 Å². The van der Waals surface area contributed by atoms with E-state index in [9.17, 15) is 4.79 Å². The van der Waals surface area contributed by atoms with Crippen molar-refractivity contribution in [2.24, 2.45) is 0 Å². The predicted octanol–water partition coefficient (Wildman–Crippen LogP) is 0.249. The second-order valence-corrected chi connectivity index (χ2v) is 4.26. The summed E-state index contributed by atoms with van der Waals surface area (Å²) >= 11 is 0. The summed E-state index contributed by atoms with van der Waals surface area (Å²) in [4.78, 5) is 16.2. The van der Waals surface area contributed by atoms with Crippen LogP contribution in [0.25, 0.3) is 0 Å². The number of morpholine rings is 1. The number of hydrogen-bond acceptors (Lipinski definition) is 4. The summed E-state index contributed by atoms with van der Waals surface area (Å²) in [6.45, 7) is 4.39. The van der Waals surface area contributed by atoms with Crippen LogP contribution in [0.2, 0.25) is 0 Å². The third kappa shape index (κ3) is 3.27. The van der Waals surface area contributed by atoms with Crippen LogP contribution in [-0.4, -0.2) is 36.7 Å². The van der Waals surface area contributed by atoms with Gasteiger partial charge in [-0.1, -0.05) is 13.0 Å². The number of aryl methyl sites for hydroxylation is 1. The van der Waals surface area contributed by atoms with Crippen LogP contribution in [-0.2, 0) is 22.5 Å². The first kappa shape index (κ1) is 13.0. The second kappa shape index (κ2) is 6.47. The Morgan fingerprint density at radius 2 is 2.56 bits per heavy atom. The van der Waals surface area contributed by atoms with E-state index in [-0.39, 0.29) is 11.9 Å². The Bertz CT molecular complexity index is 403. The molecule has 98 valence electrons. The summed E-state index contributed by atoms with van der Waals surface area (Å²) in [5.41, 5.74) is 2.11. The first-order chi connectivity index (χ1) is 8.81. The van der Waals surface area contributed by atoms with Gasteiger partial charge in [0.25, 0.3) is 0 Å². The smallest absolute Gasteiger partial charge is 0.239 e. The van der Waals surface area contributed by atoms with Gasteiger partial charge in [-0.2, -0.15) is 0 Å². The Balaban J connectivity index is 1.88. The zero-order valence-electron chi connectivity index (χ0n) is 10.6. The first-order valence-electron chi connectivity index (χ1n) is 6.33. The van der Waals surface area contributed by atoms with Gasteiger partial charge in [-0.25, -0.2) is 0 Å². The normalized spacial score (nSPS) is 19.5. The molecule has 1 unspecified atom stereocenters. The topological polar surface area (TPSA) is 63.2 Å². The van der Waals surface area contributed by atoms with E-state index in [0.717, 1.165) is 18.7 Å². The highest BCUT2D eigenvalue weighted by Crippen LogP contribution is 2.05. The summed E-state index contributed by atoms with van der Waals surface area (Å²) < 4.78 is 5.26. The summed E-state index contributed by atoms with van der Waals surface area (Å²) in [7, 11) is 0. The molecular weight excluding hydrogens is 230 g/mol. The fourth-order valence-electron chi connectivity index (χ4n) is 1.98. The Kier molecular flexibility index (Phi) is 4.66. The van der Waals surface area contributed by atoms with E-state index in [1.807, 2.05) is 12.1 Å². The van der Waals surface area contributed by atoms with Crippen LogP contribution in [0.5, 0.6) is 0 Å². The molecule has 1 aromatic heterocycles. The maximum atomic E-state index is 11.9. The lowest BCUT2D eigenvalue weighted by atomic mass is 10.1. The monoisotopic (exact) mass is 249 g/mol.